The summed E-state index contributed by atoms with van der Waals surface area (Å²) in [4.78, 5) is 12.2. The second-order valence-corrected chi connectivity index (χ2v) is 5.75. The van der Waals surface area contributed by atoms with E-state index in [0.717, 1.165) is 11.3 Å². The van der Waals surface area contributed by atoms with Crippen LogP contribution in [0.2, 0.25) is 0 Å². The third-order valence-corrected chi connectivity index (χ3v) is 3.76. The van der Waals surface area contributed by atoms with Crippen LogP contribution in [0.5, 0.6) is 5.75 Å². The number of carbonyl (C=O) groups is 1. The lowest BCUT2D eigenvalue weighted by atomic mass is 10.0. The van der Waals surface area contributed by atoms with Crippen molar-refractivity contribution < 1.29 is 13.9 Å². The fourth-order valence-electron chi connectivity index (χ4n) is 2.39. The Balaban J connectivity index is 1.72. The summed E-state index contributed by atoms with van der Waals surface area (Å²) >= 11 is 3.23. The number of Topliss-reactive ketones (excluding diaryl/α,β-unsaturated/α-hetero) is 1. The monoisotopic (exact) mass is 334 g/mol. The molecule has 0 aliphatic carbocycles. The van der Waals surface area contributed by atoms with Crippen LogP contribution in [-0.4, -0.2) is 11.9 Å². The van der Waals surface area contributed by atoms with E-state index in [1.807, 2.05) is 24.3 Å². The van der Waals surface area contributed by atoms with Crippen molar-refractivity contribution in [1.29, 1.82) is 0 Å². The highest BCUT2D eigenvalue weighted by Gasteiger charge is 2.28. The number of ether oxygens (including phenoxy) is 1. The zero-order chi connectivity index (χ0) is 14.1. The predicted molar refractivity (Wildman–Crippen MR) is 77.4 cm³/mol. The summed E-state index contributed by atoms with van der Waals surface area (Å²) < 4.78 is 19.6. The van der Waals surface area contributed by atoms with E-state index in [9.17, 15) is 9.18 Å². The summed E-state index contributed by atoms with van der Waals surface area (Å²) in [7, 11) is 0. The first-order valence-electron chi connectivity index (χ1n) is 6.34. The molecule has 0 saturated heterocycles. The van der Waals surface area contributed by atoms with Crippen LogP contribution in [0.25, 0.3) is 0 Å². The fourth-order valence-corrected chi connectivity index (χ4v) is 2.90. The highest BCUT2D eigenvalue weighted by Crippen LogP contribution is 2.29. The molecule has 2 aromatic carbocycles. The molecule has 1 aliphatic rings. The molecule has 2 nitrogen and oxygen atoms in total. The van der Waals surface area contributed by atoms with Gasteiger partial charge in [0.25, 0.3) is 0 Å². The molecular weight excluding hydrogens is 323 g/mol. The molecule has 0 bridgehead atoms. The summed E-state index contributed by atoms with van der Waals surface area (Å²) in [6, 6.07) is 12.1. The van der Waals surface area contributed by atoms with Gasteiger partial charge < -0.3 is 4.74 Å². The Hall–Kier alpha value is -1.68. The van der Waals surface area contributed by atoms with Gasteiger partial charge in [0.2, 0.25) is 0 Å². The topological polar surface area (TPSA) is 26.3 Å². The molecule has 0 fully saturated rings. The largest absolute Gasteiger partial charge is 0.482 e. The number of carbonyl (C=O) groups excluding carboxylic acids is 1. The minimum Gasteiger partial charge on any atom is -0.482 e. The van der Waals surface area contributed by atoms with Gasteiger partial charge in [0.05, 0.1) is 0 Å². The van der Waals surface area contributed by atoms with E-state index in [-0.39, 0.29) is 18.0 Å². The van der Waals surface area contributed by atoms with Gasteiger partial charge in [-0.3, -0.25) is 4.79 Å². The third kappa shape index (κ3) is 2.75. The van der Waals surface area contributed by atoms with Crippen molar-refractivity contribution in [3.63, 3.8) is 0 Å². The molecule has 102 valence electrons. The number of hydrogen-bond donors (Lipinski definition) is 0. The van der Waals surface area contributed by atoms with Gasteiger partial charge in [-0.1, -0.05) is 34.1 Å². The summed E-state index contributed by atoms with van der Waals surface area (Å²) in [5.74, 6) is 0.391. The lowest BCUT2D eigenvalue weighted by Gasteiger charge is -2.09. The highest BCUT2D eigenvalue weighted by molar-refractivity contribution is 9.10. The number of rotatable bonds is 3. The van der Waals surface area contributed by atoms with Crippen molar-refractivity contribution in [3.05, 3.63) is 63.9 Å². The second kappa shape index (κ2) is 5.37. The van der Waals surface area contributed by atoms with E-state index in [0.29, 0.717) is 16.5 Å². The average Bonchev–Trinajstić information content (AvgIpc) is 2.81. The Labute approximate surface area is 124 Å². The van der Waals surface area contributed by atoms with E-state index in [1.165, 1.54) is 12.1 Å². The number of hydrogen-bond acceptors (Lipinski definition) is 2. The van der Waals surface area contributed by atoms with E-state index in [2.05, 4.69) is 15.9 Å². The molecule has 1 unspecified atom stereocenters. The molecule has 2 aromatic rings. The van der Waals surface area contributed by atoms with E-state index >= 15 is 0 Å². The molecule has 1 heterocycles. The van der Waals surface area contributed by atoms with Crippen LogP contribution in [0.3, 0.4) is 0 Å². The highest BCUT2D eigenvalue weighted by atomic mass is 79.9. The maximum Gasteiger partial charge on any atom is 0.177 e. The molecule has 0 saturated carbocycles. The van der Waals surface area contributed by atoms with Crippen molar-refractivity contribution in [2.24, 2.45) is 0 Å². The Morgan fingerprint density at radius 3 is 2.85 bits per heavy atom. The third-order valence-electron chi connectivity index (χ3n) is 3.31. The zero-order valence-corrected chi connectivity index (χ0v) is 12.2. The first-order chi connectivity index (χ1) is 9.61. The Bertz CT molecular complexity index is 624. The Kier molecular flexibility index (Phi) is 3.57. The van der Waals surface area contributed by atoms with Crippen LogP contribution in [0.1, 0.15) is 11.1 Å². The fraction of sp³-hybridized carbons (Fsp3) is 0.188. The van der Waals surface area contributed by atoms with Gasteiger partial charge >= 0.3 is 0 Å². The first-order valence-corrected chi connectivity index (χ1v) is 7.13. The van der Waals surface area contributed by atoms with Crippen molar-refractivity contribution in [2.45, 2.75) is 18.9 Å². The van der Waals surface area contributed by atoms with Gasteiger partial charge in [-0.2, -0.15) is 0 Å². The smallest absolute Gasteiger partial charge is 0.177 e. The maximum atomic E-state index is 13.3. The molecular formula is C16H12BrFO2. The molecule has 1 aliphatic heterocycles. The van der Waals surface area contributed by atoms with E-state index < -0.39 is 6.10 Å². The zero-order valence-electron chi connectivity index (χ0n) is 10.6. The quantitative estimate of drug-likeness (QED) is 0.855. The SMILES string of the molecule is O=C(Cc1cc(F)cc(Br)c1)C1Cc2ccccc2O1. The molecule has 20 heavy (non-hydrogen) atoms. The van der Waals surface area contributed by atoms with Gasteiger partial charge in [0.15, 0.2) is 11.9 Å². The number of para-hydroxylation sites is 1. The van der Waals surface area contributed by atoms with Crippen LogP contribution < -0.4 is 4.74 Å². The number of benzene rings is 2. The van der Waals surface area contributed by atoms with Crippen LogP contribution in [0.15, 0.2) is 46.9 Å². The van der Waals surface area contributed by atoms with Gasteiger partial charge in [-0.05, 0) is 35.4 Å². The van der Waals surface area contributed by atoms with Crippen molar-refractivity contribution >= 4 is 21.7 Å². The summed E-state index contributed by atoms with van der Waals surface area (Å²) in [6.45, 7) is 0. The summed E-state index contributed by atoms with van der Waals surface area (Å²) in [5.41, 5.74) is 1.70. The molecule has 0 amide bonds. The van der Waals surface area contributed by atoms with Crippen molar-refractivity contribution in [2.75, 3.05) is 0 Å². The van der Waals surface area contributed by atoms with Gasteiger partial charge in [0, 0.05) is 17.3 Å². The number of halogens is 2. The van der Waals surface area contributed by atoms with E-state index in [1.54, 1.807) is 6.07 Å². The van der Waals surface area contributed by atoms with Crippen LogP contribution >= 0.6 is 15.9 Å². The molecule has 4 heteroatoms. The Morgan fingerprint density at radius 2 is 2.10 bits per heavy atom. The summed E-state index contributed by atoms with van der Waals surface area (Å²) in [5, 5.41) is 0. The van der Waals surface area contributed by atoms with Crippen LogP contribution in [0, 0.1) is 5.82 Å². The maximum absolute atomic E-state index is 13.3. The van der Waals surface area contributed by atoms with E-state index in [4.69, 9.17) is 4.74 Å². The van der Waals surface area contributed by atoms with Crippen LogP contribution in [0.4, 0.5) is 4.39 Å². The molecule has 1 atom stereocenters. The lowest BCUT2D eigenvalue weighted by Crippen LogP contribution is -2.26. The van der Waals surface area contributed by atoms with Gasteiger partial charge in [0.1, 0.15) is 11.6 Å². The number of ketones is 1. The van der Waals surface area contributed by atoms with Crippen LogP contribution in [-0.2, 0) is 17.6 Å². The lowest BCUT2D eigenvalue weighted by molar-refractivity contribution is -0.124. The second-order valence-electron chi connectivity index (χ2n) is 4.84. The van der Waals surface area contributed by atoms with Crippen molar-refractivity contribution in [1.82, 2.24) is 0 Å². The minimum absolute atomic E-state index is 0.0290. The standard InChI is InChI=1S/C16H12BrFO2/c17-12-5-10(6-13(18)9-12)7-14(19)16-8-11-3-1-2-4-15(11)20-16/h1-6,9,16H,7-8H2. The Morgan fingerprint density at radius 1 is 1.30 bits per heavy atom. The van der Waals surface area contributed by atoms with Gasteiger partial charge in [-0.15, -0.1) is 0 Å². The van der Waals surface area contributed by atoms with Crippen molar-refractivity contribution in [3.8, 4) is 5.75 Å². The summed E-state index contributed by atoms with van der Waals surface area (Å²) in [6.07, 6.45) is 0.301. The molecule has 3 rings (SSSR count). The average molecular weight is 335 g/mol. The minimum atomic E-state index is -0.463. The molecule has 0 aromatic heterocycles. The normalized spacial score (nSPS) is 16.6. The molecule has 0 spiro atoms. The predicted octanol–water partition coefficient (Wildman–Crippen LogP) is 3.70. The molecule has 0 radical (unpaired) electrons. The molecule has 0 N–H and O–H groups in total. The number of fused-ring (bicyclic) bond motifs is 1. The first kappa shape index (κ1) is 13.3. The van der Waals surface area contributed by atoms with Gasteiger partial charge in [-0.25, -0.2) is 4.39 Å².